The van der Waals surface area contributed by atoms with Crippen LogP contribution in [0.25, 0.3) is 0 Å². The van der Waals surface area contributed by atoms with E-state index in [-0.39, 0.29) is 35.6 Å². The summed E-state index contributed by atoms with van der Waals surface area (Å²) in [5.41, 5.74) is 1.77. The Morgan fingerprint density at radius 3 is 2.58 bits per heavy atom. The zero-order chi connectivity index (χ0) is 21.2. The van der Waals surface area contributed by atoms with Crippen molar-refractivity contribution in [2.75, 3.05) is 37.6 Å². The first kappa shape index (κ1) is 24.8. The number of anilines is 1. The van der Waals surface area contributed by atoms with Crippen molar-refractivity contribution in [1.82, 2.24) is 16.0 Å². The Balaban J connectivity index is 0.00000341. The molecule has 0 spiro atoms. The van der Waals surface area contributed by atoms with Gasteiger partial charge in [0, 0.05) is 43.5 Å². The lowest BCUT2D eigenvalue weighted by atomic mass is 10.1. The number of piperidine rings is 1. The number of guanidine groups is 1. The zero-order valence-corrected chi connectivity index (χ0v) is 20.2. The van der Waals surface area contributed by atoms with E-state index in [0.29, 0.717) is 24.7 Å². The molecule has 1 aliphatic heterocycles. The Kier molecular flexibility index (Phi) is 10.4. The van der Waals surface area contributed by atoms with E-state index >= 15 is 0 Å². The Morgan fingerprint density at radius 2 is 1.87 bits per heavy atom. The van der Waals surface area contributed by atoms with Gasteiger partial charge in [0.2, 0.25) is 0 Å². The lowest BCUT2D eigenvalue weighted by Crippen LogP contribution is -2.51. The van der Waals surface area contributed by atoms with Gasteiger partial charge in [0.1, 0.15) is 5.75 Å². The van der Waals surface area contributed by atoms with Crippen molar-refractivity contribution >= 4 is 41.5 Å². The van der Waals surface area contributed by atoms with Crippen LogP contribution in [-0.2, 0) is 0 Å². The van der Waals surface area contributed by atoms with E-state index < -0.39 is 0 Å². The number of benzene rings is 2. The van der Waals surface area contributed by atoms with Crippen LogP contribution in [-0.4, -0.2) is 55.7 Å². The SMILES string of the molecule is CCNC(=NCCNC(=O)c1ccc(O)cc1)NC1CCCN(c2ccccc2)C1.I. The Hall–Kier alpha value is -2.49. The van der Waals surface area contributed by atoms with Gasteiger partial charge in [0.15, 0.2) is 5.96 Å². The second-order valence-electron chi connectivity index (χ2n) is 7.33. The first-order valence-electron chi connectivity index (χ1n) is 10.6. The molecule has 1 unspecified atom stereocenters. The van der Waals surface area contributed by atoms with Gasteiger partial charge in [-0.3, -0.25) is 9.79 Å². The quantitative estimate of drug-likeness (QED) is 0.189. The molecule has 7 nitrogen and oxygen atoms in total. The number of phenols is 1. The maximum atomic E-state index is 12.1. The molecule has 31 heavy (non-hydrogen) atoms. The predicted octanol–water partition coefficient (Wildman–Crippen LogP) is 2.96. The monoisotopic (exact) mass is 537 g/mol. The molecule has 1 atom stereocenters. The molecular formula is C23H32IN5O2. The third-order valence-corrected chi connectivity index (χ3v) is 5.02. The van der Waals surface area contributed by atoms with Crippen LogP contribution in [0.3, 0.4) is 0 Å². The van der Waals surface area contributed by atoms with Crippen molar-refractivity contribution in [2.45, 2.75) is 25.8 Å². The third-order valence-electron chi connectivity index (χ3n) is 5.02. The molecule has 8 heteroatoms. The Bertz CT molecular complexity index is 830. The fourth-order valence-electron chi connectivity index (χ4n) is 3.53. The van der Waals surface area contributed by atoms with Crippen molar-refractivity contribution in [2.24, 2.45) is 4.99 Å². The number of rotatable bonds is 7. The summed E-state index contributed by atoms with van der Waals surface area (Å²) in [6.07, 6.45) is 2.24. The first-order valence-corrected chi connectivity index (χ1v) is 10.6. The zero-order valence-electron chi connectivity index (χ0n) is 17.9. The van der Waals surface area contributed by atoms with Gasteiger partial charge in [0.05, 0.1) is 6.54 Å². The number of para-hydroxylation sites is 1. The highest BCUT2D eigenvalue weighted by Gasteiger charge is 2.20. The minimum atomic E-state index is -0.172. The number of nitrogens with zero attached hydrogens (tertiary/aromatic N) is 2. The summed E-state index contributed by atoms with van der Waals surface area (Å²) >= 11 is 0. The highest BCUT2D eigenvalue weighted by molar-refractivity contribution is 14.0. The summed E-state index contributed by atoms with van der Waals surface area (Å²) in [4.78, 5) is 19.1. The molecule has 3 rings (SSSR count). The number of hydrogen-bond acceptors (Lipinski definition) is 4. The highest BCUT2D eigenvalue weighted by Crippen LogP contribution is 2.19. The number of halogens is 1. The molecule has 1 fully saturated rings. The van der Waals surface area contributed by atoms with E-state index in [1.165, 1.54) is 17.8 Å². The number of aliphatic imine (C=N–C) groups is 1. The summed E-state index contributed by atoms with van der Waals surface area (Å²) in [5, 5.41) is 19.0. The van der Waals surface area contributed by atoms with Crippen molar-refractivity contribution in [3.8, 4) is 5.75 Å². The standard InChI is InChI=1S/C23H31N5O2.HI/c1-2-24-23(26-15-14-25-22(30)18-10-12-21(29)13-11-18)27-19-7-6-16-28(17-19)20-8-4-3-5-9-20;/h3-5,8-13,19,29H,2,6-7,14-17H2,1H3,(H,25,30)(H2,24,26,27);1H. The van der Waals surface area contributed by atoms with E-state index in [0.717, 1.165) is 38.4 Å². The van der Waals surface area contributed by atoms with Crippen LogP contribution in [0.15, 0.2) is 59.6 Å². The molecule has 0 aromatic heterocycles. The smallest absolute Gasteiger partial charge is 0.251 e. The molecule has 0 aliphatic carbocycles. The Labute approximate surface area is 201 Å². The van der Waals surface area contributed by atoms with Gasteiger partial charge < -0.3 is 26.0 Å². The molecular weight excluding hydrogens is 505 g/mol. The van der Waals surface area contributed by atoms with E-state index in [9.17, 15) is 9.90 Å². The van der Waals surface area contributed by atoms with Crippen LogP contribution >= 0.6 is 24.0 Å². The molecule has 1 saturated heterocycles. The summed E-state index contributed by atoms with van der Waals surface area (Å²) in [6.45, 7) is 5.75. The normalized spacial score (nSPS) is 16.2. The maximum Gasteiger partial charge on any atom is 0.251 e. The van der Waals surface area contributed by atoms with Crippen LogP contribution in [0, 0.1) is 0 Å². The predicted molar refractivity (Wildman–Crippen MR) is 137 cm³/mol. The van der Waals surface area contributed by atoms with Crippen LogP contribution in [0.2, 0.25) is 0 Å². The molecule has 1 heterocycles. The first-order chi connectivity index (χ1) is 14.7. The van der Waals surface area contributed by atoms with E-state index in [4.69, 9.17) is 0 Å². The average Bonchev–Trinajstić information content (AvgIpc) is 2.78. The topological polar surface area (TPSA) is 89.0 Å². The minimum absolute atomic E-state index is 0. The summed E-state index contributed by atoms with van der Waals surface area (Å²) in [5.74, 6) is 0.747. The number of carbonyl (C=O) groups is 1. The molecule has 2 aromatic carbocycles. The molecule has 0 saturated carbocycles. The fraction of sp³-hybridized carbons (Fsp3) is 0.391. The third kappa shape index (κ3) is 7.93. The van der Waals surface area contributed by atoms with Crippen molar-refractivity contribution in [3.63, 3.8) is 0 Å². The maximum absolute atomic E-state index is 12.1. The van der Waals surface area contributed by atoms with E-state index in [1.54, 1.807) is 12.1 Å². The average molecular weight is 537 g/mol. The lowest BCUT2D eigenvalue weighted by molar-refractivity contribution is 0.0955. The number of amides is 1. The van der Waals surface area contributed by atoms with Gasteiger partial charge in [-0.1, -0.05) is 18.2 Å². The molecule has 4 N–H and O–H groups in total. The Morgan fingerprint density at radius 1 is 1.13 bits per heavy atom. The number of hydrogen-bond donors (Lipinski definition) is 4. The molecule has 1 amide bonds. The summed E-state index contributed by atoms with van der Waals surface area (Å²) in [7, 11) is 0. The van der Waals surface area contributed by atoms with Crippen LogP contribution in [0.4, 0.5) is 5.69 Å². The fourth-order valence-corrected chi connectivity index (χ4v) is 3.53. The second kappa shape index (κ2) is 13.0. The number of phenolic OH excluding ortho intramolecular Hbond substituents is 1. The second-order valence-corrected chi connectivity index (χ2v) is 7.33. The largest absolute Gasteiger partial charge is 0.508 e. The molecule has 168 valence electrons. The van der Waals surface area contributed by atoms with Gasteiger partial charge in [-0.2, -0.15) is 0 Å². The summed E-state index contributed by atoms with van der Waals surface area (Å²) < 4.78 is 0. The number of carbonyl (C=O) groups excluding carboxylic acids is 1. The van der Waals surface area contributed by atoms with Crippen molar-refractivity contribution in [1.29, 1.82) is 0 Å². The molecule has 0 radical (unpaired) electrons. The van der Waals surface area contributed by atoms with Gasteiger partial charge >= 0.3 is 0 Å². The van der Waals surface area contributed by atoms with Crippen LogP contribution in [0.5, 0.6) is 5.75 Å². The van der Waals surface area contributed by atoms with Crippen LogP contribution in [0.1, 0.15) is 30.1 Å². The summed E-state index contributed by atoms with van der Waals surface area (Å²) in [6, 6.07) is 17.0. The van der Waals surface area contributed by atoms with Gasteiger partial charge in [0.25, 0.3) is 5.91 Å². The molecule has 2 aromatic rings. The minimum Gasteiger partial charge on any atom is -0.508 e. The van der Waals surface area contributed by atoms with E-state index in [2.05, 4.69) is 50.1 Å². The molecule has 1 aliphatic rings. The van der Waals surface area contributed by atoms with Gasteiger partial charge in [-0.25, -0.2) is 0 Å². The number of nitrogens with one attached hydrogen (secondary N) is 3. The van der Waals surface area contributed by atoms with E-state index in [1.807, 2.05) is 13.0 Å². The van der Waals surface area contributed by atoms with Crippen LogP contribution < -0.4 is 20.9 Å². The van der Waals surface area contributed by atoms with Crippen molar-refractivity contribution in [3.05, 3.63) is 60.2 Å². The lowest BCUT2D eigenvalue weighted by Gasteiger charge is -2.35. The van der Waals surface area contributed by atoms with Gasteiger partial charge in [-0.05, 0) is 56.2 Å². The number of aromatic hydroxyl groups is 1. The van der Waals surface area contributed by atoms with Crippen molar-refractivity contribution < 1.29 is 9.90 Å². The van der Waals surface area contributed by atoms with Gasteiger partial charge in [-0.15, -0.1) is 24.0 Å². The highest BCUT2D eigenvalue weighted by atomic mass is 127. The molecule has 0 bridgehead atoms.